The molecule has 6 nitrogen and oxygen atoms in total. The van der Waals surface area contributed by atoms with E-state index in [4.69, 9.17) is 0 Å². The molecule has 2 rings (SSSR count). The van der Waals surface area contributed by atoms with E-state index < -0.39 is 4.92 Å². The second kappa shape index (κ2) is 6.62. The number of carbonyl (C=O) groups excluding carboxylic acids is 1. The van der Waals surface area contributed by atoms with Crippen LogP contribution in [-0.2, 0) is 4.79 Å². The number of hydrogen-bond donors (Lipinski definition) is 0. The lowest BCUT2D eigenvalue weighted by molar-refractivity contribution is -0.380. The number of rotatable bonds is 4. The molecule has 20 heavy (non-hydrogen) atoms. The van der Waals surface area contributed by atoms with E-state index in [1.54, 1.807) is 12.1 Å². The number of hydrogen-bond acceptors (Lipinski definition) is 5. The van der Waals surface area contributed by atoms with Gasteiger partial charge in [-0.3, -0.25) is 14.9 Å². The minimum atomic E-state index is -0.423. The normalized spacial score (nSPS) is 16.8. The van der Waals surface area contributed by atoms with E-state index in [1.807, 2.05) is 4.90 Å². The molecule has 0 N–H and O–H groups in total. The van der Waals surface area contributed by atoms with Crippen LogP contribution in [0.5, 0.6) is 0 Å². The Morgan fingerprint density at radius 2 is 2.10 bits per heavy atom. The molecule has 0 bridgehead atoms. The van der Waals surface area contributed by atoms with Crippen molar-refractivity contribution in [3.05, 3.63) is 33.2 Å². The molecule has 1 aliphatic heterocycles. The molecule has 0 aliphatic carbocycles. The van der Waals surface area contributed by atoms with Gasteiger partial charge in [-0.05, 0) is 18.7 Å². The smallest absolute Gasteiger partial charge is 0.324 e. The average Bonchev–Trinajstić information content (AvgIpc) is 2.94. The van der Waals surface area contributed by atoms with Crippen molar-refractivity contribution in [3.63, 3.8) is 0 Å². The molecular weight excluding hydrogens is 278 g/mol. The lowest BCUT2D eigenvalue weighted by atomic mass is 10.3. The summed E-state index contributed by atoms with van der Waals surface area (Å²) in [5, 5.41) is 10.7. The van der Waals surface area contributed by atoms with Gasteiger partial charge in [0.05, 0.1) is 4.92 Å². The van der Waals surface area contributed by atoms with E-state index in [-0.39, 0.29) is 10.9 Å². The van der Waals surface area contributed by atoms with Gasteiger partial charge in [-0.2, -0.15) is 0 Å². The molecule has 2 heterocycles. The maximum atomic E-state index is 12.0. The maximum absolute atomic E-state index is 12.0. The number of piperazine rings is 1. The third kappa shape index (κ3) is 3.64. The van der Waals surface area contributed by atoms with Gasteiger partial charge < -0.3 is 9.80 Å². The highest BCUT2D eigenvalue weighted by atomic mass is 32.1. The molecule has 0 radical (unpaired) electrons. The number of thiophene rings is 1. The Morgan fingerprint density at radius 1 is 1.40 bits per heavy atom. The summed E-state index contributed by atoms with van der Waals surface area (Å²) in [6, 6.07) is 3.11. The predicted octanol–water partition coefficient (Wildman–Crippen LogP) is 1.83. The first kappa shape index (κ1) is 14.7. The van der Waals surface area contributed by atoms with Crippen LogP contribution in [0, 0.1) is 10.1 Å². The summed E-state index contributed by atoms with van der Waals surface area (Å²) in [5.74, 6) is -0.0307. The molecule has 0 unspecified atom stereocenters. The van der Waals surface area contributed by atoms with Gasteiger partial charge in [-0.25, -0.2) is 0 Å². The first-order valence-electron chi connectivity index (χ1n) is 6.53. The van der Waals surface area contributed by atoms with Crippen LogP contribution in [-0.4, -0.2) is 53.4 Å². The number of amides is 1. The summed E-state index contributed by atoms with van der Waals surface area (Å²) < 4.78 is 0. The first-order valence-corrected chi connectivity index (χ1v) is 7.35. The van der Waals surface area contributed by atoms with Crippen LogP contribution in [0.2, 0.25) is 0 Å². The van der Waals surface area contributed by atoms with E-state index in [0.29, 0.717) is 0 Å². The fraction of sp³-hybridized carbons (Fsp3) is 0.462. The molecule has 7 heteroatoms. The Balaban J connectivity index is 1.90. The summed E-state index contributed by atoms with van der Waals surface area (Å²) in [4.78, 5) is 27.0. The van der Waals surface area contributed by atoms with Crippen molar-refractivity contribution in [2.45, 2.75) is 6.92 Å². The molecule has 1 aliphatic rings. The highest BCUT2D eigenvalue weighted by Gasteiger charge is 2.18. The first-order chi connectivity index (χ1) is 9.60. The lowest BCUT2D eigenvalue weighted by Crippen LogP contribution is -2.48. The maximum Gasteiger partial charge on any atom is 0.324 e. The van der Waals surface area contributed by atoms with E-state index in [9.17, 15) is 14.9 Å². The van der Waals surface area contributed by atoms with Crippen LogP contribution < -0.4 is 0 Å². The van der Waals surface area contributed by atoms with Crippen molar-refractivity contribution in [3.8, 4) is 0 Å². The fourth-order valence-corrected chi connectivity index (χ4v) is 2.80. The van der Waals surface area contributed by atoms with Gasteiger partial charge in [0.15, 0.2) is 0 Å². The van der Waals surface area contributed by atoms with E-state index in [0.717, 1.165) is 48.9 Å². The predicted molar refractivity (Wildman–Crippen MR) is 78.7 cm³/mol. The van der Waals surface area contributed by atoms with Gasteiger partial charge in [-0.15, -0.1) is 0 Å². The zero-order chi connectivity index (χ0) is 14.5. The monoisotopic (exact) mass is 295 g/mol. The summed E-state index contributed by atoms with van der Waals surface area (Å²) in [6.45, 7) is 6.40. The molecule has 0 atom stereocenters. The Hall–Kier alpha value is -1.73. The summed E-state index contributed by atoms with van der Waals surface area (Å²) in [7, 11) is 0. The van der Waals surface area contributed by atoms with E-state index in [1.165, 1.54) is 12.1 Å². The Bertz CT molecular complexity index is 519. The highest BCUT2D eigenvalue weighted by Crippen LogP contribution is 2.24. The van der Waals surface area contributed by atoms with Gasteiger partial charge in [0.2, 0.25) is 5.91 Å². The third-order valence-corrected chi connectivity index (χ3v) is 4.32. The molecule has 1 saturated heterocycles. The molecule has 0 spiro atoms. The topological polar surface area (TPSA) is 66.7 Å². The van der Waals surface area contributed by atoms with Crippen molar-refractivity contribution in [1.82, 2.24) is 9.80 Å². The van der Waals surface area contributed by atoms with E-state index in [2.05, 4.69) is 11.8 Å². The third-order valence-electron chi connectivity index (χ3n) is 3.31. The van der Waals surface area contributed by atoms with Gasteiger partial charge in [0.25, 0.3) is 0 Å². The van der Waals surface area contributed by atoms with Crippen molar-refractivity contribution in [2.24, 2.45) is 0 Å². The highest BCUT2D eigenvalue weighted by molar-refractivity contribution is 7.16. The number of carbonyl (C=O) groups is 1. The van der Waals surface area contributed by atoms with Gasteiger partial charge in [-0.1, -0.05) is 18.3 Å². The fourth-order valence-electron chi connectivity index (χ4n) is 2.07. The van der Waals surface area contributed by atoms with Crippen molar-refractivity contribution < 1.29 is 9.72 Å². The molecule has 0 aromatic carbocycles. The molecule has 108 valence electrons. The number of nitrogens with zero attached hydrogens (tertiary/aromatic N) is 3. The summed E-state index contributed by atoms with van der Waals surface area (Å²) in [5.41, 5.74) is 0. The van der Waals surface area contributed by atoms with Gasteiger partial charge >= 0.3 is 5.00 Å². The SMILES string of the molecule is CCN1CCN(C(=O)/C=C/c2ccc([N+](=O)[O-])s2)CC1. The lowest BCUT2D eigenvalue weighted by Gasteiger charge is -2.33. The van der Waals surface area contributed by atoms with Crippen LogP contribution in [0.4, 0.5) is 5.00 Å². The molecular formula is C13H17N3O3S. The Labute approximate surface area is 121 Å². The zero-order valence-electron chi connectivity index (χ0n) is 11.3. The molecule has 1 amide bonds. The van der Waals surface area contributed by atoms with Crippen molar-refractivity contribution in [2.75, 3.05) is 32.7 Å². The van der Waals surface area contributed by atoms with Gasteiger partial charge in [0.1, 0.15) is 0 Å². The average molecular weight is 295 g/mol. The number of likely N-dealkylation sites (N-methyl/N-ethyl adjacent to an activating group) is 1. The molecule has 1 fully saturated rings. The van der Waals surface area contributed by atoms with Gasteiger partial charge in [0, 0.05) is 43.2 Å². The largest absolute Gasteiger partial charge is 0.337 e. The van der Waals surface area contributed by atoms with E-state index >= 15 is 0 Å². The molecule has 1 aromatic heterocycles. The molecule has 1 aromatic rings. The molecule has 0 saturated carbocycles. The minimum Gasteiger partial charge on any atom is -0.337 e. The Kier molecular flexibility index (Phi) is 4.86. The van der Waals surface area contributed by atoms with Crippen molar-refractivity contribution >= 4 is 28.3 Å². The minimum absolute atomic E-state index is 0.0307. The number of nitro groups is 1. The van der Waals surface area contributed by atoms with Crippen LogP contribution in [0.15, 0.2) is 18.2 Å². The second-order valence-electron chi connectivity index (χ2n) is 4.53. The quantitative estimate of drug-likeness (QED) is 0.483. The van der Waals surface area contributed by atoms with Crippen LogP contribution in [0.1, 0.15) is 11.8 Å². The van der Waals surface area contributed by atoms with Crippen LogP contribution in [0.3, 0.4) is 0 Å². The van der Waals surface area contributed by atoms with Crippen molar-refractivity contribution in [1.29, 1.82) is 0 Å². The van der Waals surface area contributed by atoms with Crippen LogP contribution in [0.25, 0.3) is 6.08 Å². The Morgan fingerprint density at radius 3 is 2.65 bits per heavy atom. The second-order valence-corrected chi connectivity index (χ2v) is 5.62. The zero-order valence-corrected chi connectivity index (χ0v) is 12.1. The standard InChI is InChI=1S/C13H17N3O3S/c1-2-14-7-9-15(10-8-14)12(17)5-3-11-4-6-13(20-11)16(18)19/h3-6H,2,7-10H2,1H3/b5-3+. The van der Waals surface area contributed by atoms with Crippen LogP contribution >= 0.6 is 11.3 Å². The summed E-state index contributed by atoms with van der Waals surface area (Å²) >= 11 is 1.07. The summed E-state index contributed by atoms with van der Waals surface area (Å²) in [6.07, 6.45) is 3.14.